The van der Waals surface area contributed by atoms with Crippen LogP contribution in [0.4, 0.5) is 10.9 Å². The monoisotopic (exact) mass is 422 g/mol. The number of carbonyl (C=O) groups is 2. The van der Waals surface area contributed by atoms with Crippen molar-refractivity contribution in [3.63, 3.8) is 0 Å². The Balaban J connectivity index is 1.54. The molecule has 154 valence electrons. The van der Waals surface area contributed by atoms with Gasteiger partial charge in [-0.1, -0.05) is 53.8 Å². The van der Waals surface area contributed by atoms with Crippen LogP contribution in [0.25, 0.3) is 0 Å². The lowest BCUT2D eigenvalue weighted by molar-refractivity contribution is -0.119. The number of anilines is 2. The van der Waals surface area contributed by atoms with Gasteiger partial charge in [-0.25, -0.2) is 4.98 Å². The van der Waals surface area contributed by atoms with E-state index in [1.807, 2.05) is 54.6 Å². The number of thiazole rings is 1. The zero-order valence-corrected chi connectivity index (χ0v) is 17.6. The van der Waals surface area contributed by atoms with Crippen LogP contribution in [0.1, 0.15) is 20.8 Å². The number of amides is 2. The second-order valence-electron chi connectivity index (χ2n) is 6.97. The Kier molecular flexibility index (Phi) is 5.67. The van der Waals surface area contributed by atoms with Gasteiger partial charge in [-0.15, -0.1) is 0 Å². The minimum absolute atomic E-state index is 0.0297. The van der Waals surface area contributed by atoms with Crippen LogP contribution in [0, 0.1) is 0 Å². The van der Waals surface area contributed by atoms with Crippen LogP contribution in [0.3, 0.4) is 0 Å². The molecule has 0 bridgehead atoms. The number of hydrogen-bond acceptors (Lipinski definition) is 6. The fraction of sp³-hybridized carbons (Fsp3) is 0.227. The summed E-state index contributed by atoms with van der Waals surface area (Å²) >= 11 is 1.27. The molecule has 0 aliphatic carbocycles. The van der Waals surface area contributed by atoms with Crippen LogP contribution in [-0.4, -0.2) is 42.4 Å². The van der Waals surface area contributed by atoms with Crippen molar-refractivity contribution in [2.24, 2.45) is 0 Å². The normalized spacial score (nSPS) is 13.8. The number of rotatable bonds is 6. The first kappa shape index (κ1) is 19.9. The standard InChI is InChI=1S/C22H22N4O3S/c1-25-18(27)14-26(13-16-6-4-3-5-7-16)21(28)19-20(25)24-22(30-19)23-12-15-8-10-17(29-2)11-9-15/h3-11H,12-14H2,1-2H3,(H,23,24). The number of nitrogens with zero attached hydrogens (tertiary/aromatic N) is 3. The topological polar surface area (TPSA) is 74.8 Å². The number of benzene rings is 2. The van der Waals surface area contributed by atoms with Gasteiger partial charge in [0.2, 0.25) is 5.91 Å². The van der Waals surface area contributed by atoms with Crippen molar-refractivity contribution in [1.29, 1.82) is 0 Å². The maximum absolute atomic E-state index is 13.2. The molecule has 30 heavy (non-hydrogen) atoms. The van der Waals surface area contributed by atoms with Crippen LogP contribution in [0.5, 0.6) is 5.75 Å². The van der Waals surface area contributed by atoms with Gasteiger partial charge in [-0.3, -0.25) is 14.5 Å². The molecule has 4 rings (SSSR count). The molecule has 0 saturated heterocycles. The highest BCUT2D eigenvalue weighted by Crippen LogP contribution is 2.33. The predicted octanol–water partition coefficient (Wildman–Crippen LogP) is 3.38. The molecule has 2 heterocycles. The van der Waals surface area contributed by atoms with E-state index in [2.05, 4.69) is 10.3 Å². The van der Waals surface area contributed by atoms with E-state index in [-0.39, 0.29) is 18.4 Å². The molecule has 8 heteroatoms. The van der Waals surface area contributed by atoms with Crippen molar-refractivity contribution < 1.29 is 14.3 Å². The van der Waals surface area contributed by atoms with Gasteiger partial charge in [0.05, 0.1) is 7.11 Å². The maximum atomic E-state index is 13.2. The number of hydrogen-bond donors (Lipinski definition) is 1. The van der Waals surface area contributed by atoms with E-state index in [1.165, 1.54) is 16.2 Å². The van der Waals surface area contributed by atoms with Crippen LogP contribution in [-0.2, 0) is 17.9 Å². The van der Waals surface area contributed by atoms with Crippen LogP contribution in [0.15, 0.2) is 54.6 Å². The Morgan fingerprint density at radius 2 is 1.80 bits per heavy atom. The van der Waals surface area contributed by atoms with Crippen molar-refractivity contribution in [3.8, 4) is 5.75 Å². The van der Waals surface area contributed by atoms with E-state index in [9.17, 15) is 9.59 Å². The Labute approximate surface area is 178 Å². The number of methoxy groups -OCH3 is 1. The van der Waals surface area contributed by atoms with Gasteiger partial charge in [0.1, 0.15) is 17.2 Å². The molecule has 1 aromatic heterocycles. The van der Waals surface area contributed by atoms with Crippen LogP contribution in [0.2, 0.25) is 0 Å². The summed E-state index contributed by atoms with van der Waals surface area (Å²) in [5, 5.41) is 3.86. The number of aromatic nitrogens is 1. The number of likely N-dealkylation sites (N-methyl/N-ethyl adjacent to an activating group) is 1. The van der Waals surface area contributed by atoms with Gasteiger partial charge < -0.3 is 15.0 Å². The summed E-state index contributed by atoms with van der Waals surface area (Å²) in [6.45, 7) is 0.961. The van der Waals surface area contributed by atoms with Crippen molar-refractivity contribution in [3.05, 3.63) is 70.6 Å². The van der Waals surface area contributed by atoms with E-state index in [0.717, 1.165) is 16.9 Å². The molecule has 0 saturated carbocycles. The lowest BCUT2D eigenvalue weighted by atomic mass is 10.2. The van der Waals surface area contributed by atoms with Crippen LogP contribution >= 0.6 is 11.3 Å². The molecule has 7 nitrogen and oxygen atoms in total. The molecule has 0 radical (unpaired) electrons. The molecular weight excluding hydrogens is 400 g/mol. The van der Waals surface area contributed by atoms with Crippen LogP contribution < -0.4 is 15.0 Å². The fourth-order valence-electron chi connectivity index (χ4n) is 3.21. The second-order valence-corrected chi connectivity index (χ2v) is 7.97. The third kappa shape index (κ3) is 4.13. The van der Waals surface area contributed by atoms with Crippen molar-refractivity contribution in [2.75, 3.05) is 30.9 Å². The molecule has 0 spiro atoms. The molecule has 2 aromatic carbocycles. The van der Waals surface area contributed by atoms with E-state index in [1.54, 1.807) is 19.1 Å². The third-order valence-electron chi connectivity index (χ3n) is 4.93. The smallest absolute Gasteiger partial charge is 0.268 e. The van der Waals surface area contributed by atoms with Gasteiger partial charge in [0, 0.05) is 20.1 Å². The van der Waals surface area contributed by atoms with E-state index >= 15 is 0 Å². The van der Waals surface area contributed by atoms with Gasteiger partial charge in [0.15, 0.2) is 10.9 Å². The SMILES string of the molecule is COc1ccc(CNc2nc3c(s2)C(=O)N(Cc2ccccc2)CC(=O)N3C)cc1. The lowest BCUT2D eigenvalue weighted by Crippen LogP contribution is -2.37. The Morgan fingerprint density at radius 1 is 1.07 bits per heavy atom. The Bertz CT molecular complexity index is 1050. The van der Waals surface area contributed by atoms with E-state index < -0.39 is 0 Å². The zero-order chi connectivity index (χ0) is 21.1. The average Bonchev–Trinajstić information content (AvgIpc) is 3.18. The molecule has 3 aromatic rings. The fourth-order valence-corrected chi connectivity index (χ4v) is 4.17. The summed E-state index contributed by atoms with van der Waals surface area (Å²) in [5.41, 5.74) is 2.04. The highest BCUT2D eigenvalue weighted by Gasteiger charge is 2.33. The largest absolute Gasteiger partial charge is 0.497 e. The van der Waals surface area contributed by atoms with Gasteiger partial charge in [-0.2, -0.15) is 0 Å². The lowest BCUT2D eigenvalue weighted by Gasteiger charge is -2.20. The van der Waals surface area contributed by atoms with Crippen molar-refractivity contribution >= 4 is 34.1 Å². The summed E-state index contributed by atoms with van der Waals surface area (Å²) in [6, 6.07) is 17.4. The number of nitrogens with one attached hydrogen (secondary N) is 1. The van der Waals surface area contributed by atoms with E-state index in [4.69, 9.17) is 4.74 Å². The molecular formula is C22H22N4O3S. The van der Waals surface area contributed by atoms with Crippen molar-refractivity contribution in [2.45, 2.75) is 13.1 Å². The average molecular weight is 423 g/mol. The molecule has 1 N–H and O–H groups in total. The van der Waals surface area contributed by atoms with E-state index in [0.29, 0.717) is 28.9 Å². The van der Waals surface area contributed by atoms with Crippen molar-refractivity contribution in [1.82, 2.24) is 9.88 Å². The number of carbonyl (C=O) groups excluding carboxylic acids is 2. The third-order valence-corrected chi connectivity index (χ3v) is 5.92. The predicted molar refractivity (Wildman–Crippen MR) is 117 cm³/mol. The summed E-state index contributed by atoms with van der Waals surface area (Å²) < 4.78 is 5.17. The molecule has 0 unspecified atom stereocenters. The first-order valence-corrected chi connectivity index (χ1v) is 10.3. The molecule has 2 amide bonds. The minimum Gasteiger partial charge on any atom is -0.497 e. The van der Waals surface area contributed by atoms with Gasteiger partial charge >= 0.3 is 0 Å². The summed E-state index contributed by atoms with van der Waals surface area (Å²) in [5.74, 6) is 0.860. The maximum Gasteiger partial charge on any atom is 0.268 e. The molecule has 0 atom stereocenters. The molecule has 0 fully saturated rings. The summed E-state index contributed by atoms with van der Waals surface area (Å²) in [6.07, 6.45) is 0. The Morgan fingerprint density at radius 3 is 2.50 bits per heavy atom. The summed E-state index contributed by atoms with van der Waals surface area (Å²) in [4.78, 5) is 33.8. The zero-order valence-electron chi connectivity index (χ0n) is 16.8. The van der Waals surface area contributed by atoms with Gasteiger partial charge in [0.25, 0.3) is 5.91 Å². The highest BCUT2D eigenvalue weighted by atomic mass is 32.1. The quantitative estimate of drug-likeness (QED) is 0.659. The molecule has 1 aliphatic rings. The summed E-state index contributed by atoms with van der Waals surface area (Å²) in [7, 11) is 3.29. The first-order valence-electron chi connectivity index (χ1n) is 9.52. The second kappa shape index (κ2) is 8.54. The van der Waals surface area contributed by atoms with Gasteiger partial charge in [-0.05, 0) is 23.3 Å². The Hall–Kier alpha value is -3.39. The molecule has 1 aliphatic heterocycles. The number of ether oxygens (including phenoxy) is 1. The first-order chi connectivity index (χ1) is 14.5. The highest BCUT2D eigenvalue weighted by molar-refractivity contribution is 7.18. The minimum atomic E-state index is -0.179. The number of fused-ring (bicyclic) bond motifs is 1.